The Bertz CT molecular complexity index is 656. The van der Waals surface area contributed by atoms with Crippen LogP contribution in [0.5, 0.6) is 5.75 Å². The van der Waals surface area contributed by atoms with E-state index in [9.17, 15) is 18.7 Å². The van der Waals surface area contributed by atoms with E-state index >= 15 is 0 Å². The summed E-state index contributed by atoms with van der Waals surface area (Å²) in [4.78, 5) is 11.9. The summed E-state index contributed by atoms with van der Waals surface area (Å²) in [6.07, 6.45) is 0. The minimum absolute atomic E-state index is 0.0830. The summed E-state index contributed by atoms with van der Waals surface area (Å²) < 4.78 is 25.8. The zero-order chi connectivity index (χ0) is 14.7. The highest BCUT2D eigenvalue weighted by Crippen LogP contribution is 2.16. The standard InChI is InChI=1S/C15H13F2NO2/c1-9-6-11(19)3-4-12(9)15(20)18-8-10-2-5-13(16)14(17)7-10/h2-7,19H,8H2,1H3,(H,18,20). The van der Waals surface area contributed by atoms with Gasteiger partial charge in [-0.1, -0.05) is 6.07 Å². The summed E-state index contributed by atoms with van der Waals surface area (Å²) in [5, 5.41) is 11.9. The van der Waals surface area contributed by atoms with Gasteiger partial charge in [0.1, 0.15) is 5.75 Å². The molecule has 0 bridgehead atoms. The highest BCUT2D eigenvalue weighted by Gasteiger charge is 2.10. The van der Waals surface area contributed by atoms with Gasteiger partial charge >= 0.3 is 0 Å². The Morgan fingerprint density at radius 2 is 1.90 bits per heavy atom. The topological polar surface area (TPSA) is 49.3 Å². The van der Waals surface area contributed by atoms with Crippen molar-refractivity contribution >= 4 is 5.91 Å². The Kier molecular flexibility index (Phi) is 3.98. The second kappa shape index (κ2) is 5.69. The normalized spacial score (nSPS) is 10.3. The molecule has 0 aromatic heterocycles. The van der Waals surface area contributed by atoms with Crippen LogP contribution in [0.15, 0.2) is 36.4 Å². The quantitative estimate of drug-likeness (QED) is 0.906. The molecule has 0 fully saturated rings. The monoisotopic (exact) mass is 277 g/mol. The number of carbonyl (C=O) groups is 1. The van der Waals surface area contributed by atoms with Crippen LogP contribution in [0.3, 0.4) is 0 Å². The molecule has 0 saturated carbocycles. The number of aryl methyl sites for hydroxylation is 1. The molecule has 3 nitrogen and oxygen atoms in total. The largest absolute Gasteiger partial charge is 0.508 e. The Hall–Kier alpha value is -2.43. The molecule has 0 heterocycles. The van der Waals surface area contributed by atoms with E-state index in [1.807, 2.05) is 0 Å². The van der Waals surface area contributed by atoms with Gasteiger partial charge in [0, 0.05) is 12.1 Å². The Morgan fingerprint density at radius 3 is 2.55 bits per heavy atom. The van der Waals surface area contributed by atoms with Crippen molar-refractivity contribution in [3.8, 4) is 5.75 Å². The summed E-state index contributed by atoms with van der Waals surface area (Å²) >= 11 is 0. The molecular weight excluding hydrogens is 264 g/mol. The average Bonchev–Trinajstić information content (AvgIpc) is 2.40. The van der Waals surface area contributed by atoms with Gasteiger partial charge in [-0.2, -0.15) is 0 Å². The smallest absolute Gasteiger partial charge is 0.251 e. The summed E-state index contributed by atoms with van der Waals surface area (Å²) in [5.41, 5.74) is 1.52. The molecule has 2 N–H and O–H groups in total. The number of hydrogen-bond acceptors (Lipinski definition) is 2. The Balaban J connectivity index is 2.06. The number of amides is 1. The zero-order valence-electron chi connectivity index (χ0n) is 10.8. The molecule has 5 heteroatoms. The van der Waals surface area contributed by atoms with Gasteiger partial charge in [0.2, 0.25) is 0 Å². The number of nitrogens with one attached hydrogen (secondary N) is 1. The van der Waals surface area contributed by atoms with Gasteiger partial charge < -0.3 is 10.4 Å². The lowest BCUT2D eigenvalue weighted by molar-refractivity contribution is 0.0950. The van der Waals surface area contributed by atoms with E-state index in [0.29, 0.717) is 16.7 Å². The summed E-state index contributed by atoms with van der Waals surface area (Å²) in [5.74, 6) is -2.13. The maximum atomic E-state index is 13.0. The minimum atomic E-state index is -0.947. The van der Waals surface area contributed by atoms with E-state index in [1.165, 1.54) is 24.3 Å². The molecule has 0 atom stereocenters. The van der Waals surface area contributed by atoms with Gasteiger partial charge in [0.15, 0.2) is 11.6 Å². The molecule has 0 saturated heterocycles. The van der Waals surface area contributed by atoms with Gasteiger partial charge in [-0.3, -0.25) is 4.79 Å². The lowest BCUT2D eigenvalue weighted by atomic mass is 10.1. The fourth-order valence-corrected chi connectivity index (χ4v) is 1.83. The lowest BCUT2D eigenvalue weighted by Crippen LogP contribution is -2.23. The van der Waals surface area contributed by atoms with Gasteiger partial charge in [0.05, 0.1) is 0 Å². The van der Waals surface area contributed by atoms with Crippen molar-refractivity contribution in [1.82, 2.24) is 5.32 Å². The van der Waals surface area contributed by atoms with Crippen LogP contribution in [0.2, 0.25) is 0 Å². The van der Waals surface area contributed by atoms with Gasteiger partial charge in [0.25, 0.3) is 5.91 Å². The molecule has 2 aromatic carbocycles. The van der Waals surface area contributed by atoms with Crippen LogP contribution >= 0.6 is 0 Å². The highest BCUT2D eigenvalue weighted by atomic mass is 19.2. The molecule has 1 amide bonds. The molecule has 0 aliphatic heterocycles. The fourth-order valence-electron chi connectivity index (χ4n) is 1.83. The predicted molar refractivity (Wildman–Crippen MR) is 70.4 cm³/mol. The van der Waals surface area contributed by atoms with E-state index in [2.05, 4.69) is 5.32 Å². The Labute approximate surface area is 114 Å². The molecule has 20 heavy (non-hydrogen) atoms. The van der Waals surface area contributed by atoms with Crippen LogP contribution in [-0.2, 0) is 6.54 Å². The van der Waals surface area contributed by atoms with Crippen molar-refractivity contribution in [2.24, 2.45) is 0 Å². The van der Waals surface area contributed by atoms with E-state index in [-0.39, 0.29) is 18.2 Å². The van der Waals surface area contributed by atoms with Crippen molar-refractivity contribution < 1.29 is 18.7 Å². The first-order valence-electron chi connectivity index (χ1n) is 5.99. The fraction of sp³-hybridized carbons (Fsp3) is 0.133. The maximum absolute atomic E-state index is 13.0. The molecule has 0 radical (unpaired) electrons. The third-order valence-electron chi connectivity index (χ3n) is 2.89. The summed E-state index contributed by atoms with van der Waals surface area (Å²) in [6.45, 7) is 1.79. The van der Waals surface area contributed by atoms with Crippen LogP contribution in [0.4, 0.5) is 8.78 Å². The SMILES string of the molecule is Cc1cc(O)ccc1C(=O)NCc1ccc(F)c(F)c1. The van der Waals surface area contributed by atoms with Crippen LogP contribution in [0.1, 0.15) is 21.5 Å². The van der Waals surface area contributed by atoms with E-state index in [1.54, 1.807) is 6.92 Å². The van der Waals surface area contributed by atoms with Crippen LogP contribution in [0, 0.1) is 18.6 Å². The number of hydrogen-bond donors (Lipinski definition) is 2. The molecule has 0 spiro atoms. The van der Waals surface area contributed by atoms with Crippen LogP contribution in [0.25, 0.3) is 0 Å². The summed E-state index contributed by atoms with van der Waals surface area (Å²) in [7, 11) is 0. The second-order valence-corrected chi connectivity index (χ2v) is 4.43. The average molecular weight is 277 g/mol. The van der Waals surface area contributed by atoms with Crippen molar-refractivity contribution in [2.75, 3.05) is 0 Å². The van der Waals surface area contributed by atoms with Crippen molar-refractivity contribution in [3.63, 3.8) is 0 Å². The first kappa shape index (κ1) is 14.0. The van der Waals surface area contributed by atoms with E-state index in [0.717, 1.165) is 12.1 Å². The molecule has 2 aromatic rings. The summed E-state index contributed by atoms with van der Waals surface area (Å²) in [6, 6.07) is 7.86. The number of benzene rings is 2. The molecular formula is C15H13F2NO2. The number of phenols is 1. The number of aromatic hydroxyl groups is 1. The van der Waals surface area contributed by atoms with Gasteiger partial charge in [-0.25, -0.2) is 8.78 Å². The predicted octanol–water partition coefficient (Wildman–Crippen LogP) is 2.91. The molecule has 2 rings (SSSR count). The molecule has 0 aliphatic carbocycles. The number of halogens is 2. The first-order chi connectivity index (χ1) is 9.47. The van der Waals surface area contributed by atoms with Crippen LogP contribution < -0.4 is 5.32 Å². The second-order valence-electron chi connectivity index (χ2n) is 4.43. The molecule has 0 unspecified atom stereocenters. The van der Waals surface area contributed by atoms with Crippen molar-refractivity contribution in [1.29, 1.82) is 0 Å². The number of rotatable bonds is 3. The molecule has 104 valence electrons. The maximum Gasteiger partial charge on any atom is 0.251 e. The third kappa shape index (κ3) is 3.12. The van der Waals surface area contributed by atoms with Crippen molar-refractivity contribution in [3.05, 3.63) is 64.7 Å². The van der Waals surface area contributed by atoms with Crippen LogP contribution in [-0.4, -0.2) is 11.0 Å². The molecule has 0 aliphatic rings. The third-order valence-corrected chi connectivity index (χ3v) is 2.89. The van der Waals surface area contributed by atoms with Gasteiger partial charge in [-0.15, -0.1) is 0 Å². The highest BCUT2D eigenvalue weighted by molar-refractivity contribution is 5.95. The first-order valence-corrected chi connectivity index (χ1v) is 5.99. The number of carbonyl (C=O) groups excluding carboxylic acids is 1. The van der Waals surface area contributed by atoms with Crippen molar-refractivity contribution in [2.45, 2.75) is 13.5 Å². The number of phenolic OH excluding ortho intramolecular Hbond substituents is 1. The minimum Gasteiger partial charge on any atom is -0.508 e. The van der Waals surface area contributed by atoms with E-state index in [4.69, 9.17) is 0 Å². The Morgan fingerprint density at radius 1 is 1.15 bits per heavy atom. The zero-order valence-corrected chi connectivity index (χ0v) is 10.8. The van der Waals surface area contributed by atoms with E-state index < -0.39 is 11.6 Å². The van der Waals surface area contributed by atoms with Gasteiger partial charge in [-0.05, 0) is 48.4 Å². The lowest BCUT2D eigenvalue weighted by Gasteiger charge is -2.08.